The molecule has 0 aliphatic carbocycles. The molecule has 2 aromatic heterocycles. The van der Waals surface area contributed by atoms with Crippen LogP contribution in [-0.4, -0.2) is 18.0 Å². The van der Waals surface area contributed by atoms with Gasteiger partial charge in [0, 0.05) is 21.5 Å². The van der Waals surface area contributed by atoms with Crippen molar-refractivity contribution in [3.63, 3.8) is 0 Å². The fourth-order valence-electron chi connectivity index (χ4n) is 2.61. The highest BCUT2D eigenvalue weighted by Crippen LogP contribution is 2.28. The van der Waals surface area contributed by atoms with Gasteiger partial charge in [0.2, 0.25) is 0 Å². The number of amides is 1. The Bertz CT molecular complexity index is 1100. The first-order valence-electron chi connectivity index (χ1n) is 8.39. The number of hydrogen-bond acceptors (Lipinski definition) is 5. The number of carbonyl (C=O) groups excluding carboxylic acids is 1. The standard InChI is InChI=1S/C21H15ClN2O3S/c1-26-16-8-4-13(5-9-16)17-12-28-21(23-17)24-20(25)19-11-10-18(27-19)14-2-6-15(22)7-3-14/h2-12H,1H3,(H,23,24,25). The molecule has 0 atom stereocenters. The zero-order valence-corrected chi connectivity index (χ0v) is 16.4. The maximum Gasteiger partial charge on any atom is 0.293 e. The first-order valence-corrected chi connectivity index (χ1v) is 9.65. The van der Waals surface area contributed by atoms with Crippen molar-refractivity contribution in [3.8, 4) is 28.3 Å². The first-order chi connectivity index (χ1) is 13.6. The summed E-state index contributed by atoms with van der Waals surface area (Å²) < 4.78 is 10.8. The molecule has 0 fully saturated rings. The molecule has 2 aromatic carbocycles. The Balaban J connectivity index is 1.47. The second-order valence-electron chi connectivity index (χ2n) is 5.89. The van der Waals surface area contributed by atoms with Gasteiger partial charge in [0.1, 0.15) is 11.5 Å². The molecule has 140 valence electrons. The highest BCUT2D eigenvalue weighted by Gasteiger charge is 2.15. The topological polar surface area (TPSA) is 64.4 Å². The lowest BCUT2D eigenvalue weighted by Crippen LogP contribution is -2.10. The van der Waals surface area contributed by atoms with E-state index in [9.17, 15) is 4.79 Å². The quantitative estimate of drug-likeness (QED) is 0.439. The van der Waals surface area contributed by atoms with Crippen molar-refractivity contribution in [3.05, 3.63) is 76.8 Å². The van der Waals surface area contributed by atoms with Gasteiger partial charge in [0.15, 0.2) is 10.9 Å². The molecule has 0 unspecified atom stereocenters. The minimum Gasteiger partial charge on any atom is -0.497 e. The largest absolute Gasteiger partial charge is 0.497 e. The Morgan fingerprint density at radius 2 is 1.75 bits per heavy atom. The molecule has 0 aliphatic heterocycles. The van der Waals surface area contributed by atoms with Gasteiger partial charge in [-0.05, 0) is 60.7 Å². The number of benzene rings is 2. The number of rotatable bonds is 5. The van der Waals surface area contributed by atoms with Crippen molar-refractivity contribution in [2.24, 2.45) is 0 Å². The highest BCUT2D eigenvalue weighted by atomic mass is 35.5. The smallest absolute Gasteiger partial charge is 0.293 e. The van der Waals surface area contributed by atoms with Gasteiger partial charge in [-0.25, -0.2) is 4.98 Å². The molecule has 1 amide bonds. The van der Waals surface area contributed by atoms with E-state index in [-0.39, 0.29) is 11.7 Å². The number of halogens is 1. The Kier molecular flexibility index (Phi) is 5.14. The molecule has 4 rings (SSSR count). The van der Waals surface area contributed by atoms with Crippen LogP contribution in [-0.2, 0) is 0 Å². The van der Waals surface area contributed by atoms with Gasteiger partial charge in [-0.2, -0.15) is 0 Å². The van der Waals surface area contributed by atoms with Crippen LogP contribution in [0.4, 0.5) is 5.13 Å². The lowest BCUT2D eigenvalue weighted by molar-refractivity contribution is 0.0997. The fourth-order valence-corrected chi connectivity index (χ4v) is 3.45. The monoisotopic (exact) mass is 410 g/mol. The van der Waals surface area contributed by atoms with Gasteiger partial charge in [-0.3, -0.25) is 10.1 Å². The van der Waals surface area contributed by atoms with Crippen LogP contribution in [0.1, 0.15) is 10.6 Å². The number of carbonyl (C=O) groups is 1. The van der Waals surface area contributed by atoms with E-state index < -0.39 is 0 Å². The van der Waals surface area contributed by atoms with Gasteiger partial charge in [0.25, 0.3) is 5.91 Å². The van der Waals surface area contributed by atoms with Crippen LogP contribution in [0.3, 0.4) is 0 Å². The molecular weight excluding hydrogens is 396 g/mol. The molecule has 0 bridgehead atoms. The van der Waals surface area contributed by atoms with Gasteiger partial charge in [-0.15, -0.1) is 11.3 Å². The predicted octanol–water partition coefficient (Wildman–Crippen LogP) is 5.98. The average molecular weight is 411 g/mol. The van der Waals surface area contributed by atoms with Gasteiger partial charge < -0.3 is 9.15 Å². The third kappa shape index (κ3) is 3.93. The Morgan fingerprint density at radius 1 is 1.04 bits per heavy atom. The normalized spacial score (nSPS) is 10.6. The van der Waals surface area contributed by atoms with E-state index in [2.05, 4.69) is 10.3 Å². The SMILES string of the molecule is COc1ccc(-c2csc(NC(=O)c3ccc(-c4ccc(Cl)cc4)o3)n2)cc1. The molecule has 0 aliphatic rings. The number of nitrogens with zero attached hydrogens (tertiary/aromatic N) is 1. The maximum absolute atomic E-state index is 12.5. The number of furan rings is 1. The number of methoxy groups -OCH3 is 1. The number of thiazole rings is 1. The summed E-state index contributed by atoms with van der Waals surface area (Å²) in [4.78, 5) is 16.9. The number of aromatic nitrogens is 1. The summed E-state index contributed by atoms with van der Waals surface area (Å²) in [7, 11) is 1.62. The Morgan fingerprint density at radius 3 is 2.46 bits per heavy atom. The summed E-state index contributed by atoms with van der Waals surface area (Å²) in [5, 5.41) is 5.80. The van der Waals surface area contributed by atoms with Crippen LogP contribution < -0.4 is 10.1 Å². The van der Waals surface area contributed by atoms with E-state index in [1.54, 1.807) is 31.4 Å². The van der Waals surface area contributed by atoms with E-state index in [0.717, 1.165) is 22.6 Å². The summed E-state index contributed by atoms with van der Waals surface area (Å²) in [6.45, 7) is 0. The molecule has 0 spiro atoms. The van der Waals surface area contributed by atoms with Crippen LogP contribution in [0.5, 0.6) is 5.75 Å². The molecule has 0 radical (unpaired) electrons. The van der Waals surface area contributed by atoms with Gasteiger partial charge in [0.05, 0.1) is 12.8 Å². The molecule has 5 nitrogen and oxygen atoms in total. The molecular formula is C21H15ClN2O3S. The highest BCUT2D eigenvalue weighted by molar-refractivity contribution is 7.14. The van der Waals surface area contributed by atoms with Crippen LogP contribution in [0, 0.1) is 0 Å². The minimum atomic E-state index is -0.351. The molecule has 4 aromatic rings. The van der Waals surface area contributed by atoms with Gasteiger partial charge in [-0.1, -0.05) is 11.6 Å². The summed E-state index contributed by atoms with van der Waals surface area (Å²) in [6.07, 6.45) is 0. The number of ether oxygens (including phenoxy) is 1. The number of anilines is 1. The lowest BCUT2D eigenvalue weighted by Gasteiger charge is -2.01. The van der Waals surface area contributed by atoms with Crippen molar-refractivity contribution in [1.29, 1.82) is 0 Å². The van der Waals surface area contributed by atoms with Crippen molar-refractivity contribution in [1.82, 2.24) is 4.98 Å². The van der Waals surface area contributed by atoms with Crippen molar-refractivity contribution >= 4 is 34.0 Å². The third-order valence-electron chi connectivity index (χ3n) is 4.07. The Labute approximate surface area is 170 Å². The first kappa shape index (κ1) is 18.3. The van der Waals surface area contributed by atoms with Crippen LogP contribution in [0.25, 0.3) is 22.6 Å². The van der Waals surface area contributed by atoms with Crippen molar-refractivity contribution in [2.45, 2.75) is 0 Å². The summed E-state index contributed by atoms with van der Waals surface area (Å²) in [5.74, 6) is 1.24. The van der Waals surface area contributed by atoms with E-state index in [1.807, 2.05) is 41.8 Å². The van der Waals surface area contributed by atoms with E-state index in [0.29, 0.717) is 15.9 Å². The number of nitrogens with one attached hydrogen (secondary N) is 1. The summed E-state index contributed by atoms with van der Waals surface area (Å²) in [5.41, 5.74) is 2.57. The fraction of sp³-hybridized carbons (Fsp3) is 0.0476. The van der Waals surface area contributed by atoms with Crippen molar-refractivity contribution in [2.75, 3.05) is 12.4 Å². The van der Waals surface area contributed by atoms with E-state index >= 15 is 0 Å². The van der Waals surface area contributed by atoms with Crippen molar-refractivity contribution < 1.29 is 13.9 Å². The molecule has 1 N–H and O–H groups in total. The molecule has 2 heterocycles. The lowest BCUT2D eigenvalue weighted by atomic mass is 10.2. The van der Waals surface area contributed by atoms with E-state index in [1.165, 1.54) is 11.3 Å². The zero-order valence-electron chi connectivity index (χ0n) is 14.8. The molecule has 28 heavy (non-hydrogen) atoms. The van der Waals surface area contributed by atoms with Crippen LogP contribution >= 0.6 is 22.9 Å². The summed E-state index contributed by atoms with van der Waals surface area (Å²) in [6, 6.07) is 18.2. The third-order valence-corrected chi connectivity index (χ3v) is 5.08. The second kappa shape index (κ2) is 7.88. The minimum absolute atomic E-state index is 0.214. The van der Waals surface area contributed by atoms with Gasteiger partial charge >= 0.3 is 0 Å². The second-order valence-corrected chi connectivity index (χ2v) is 7.19. The Hall–Kier alpha value is -3.09. The molecule has 0 saturated heterocycles. The molecule has 0 saturated carbocycles. The molecule has 7 heteroatoms. The van der Waals surface area contributed by atoms with Crippen LogP contribution in [0.2, 0.25) is 5.02 Å². The average Bonchev–Trinajstić information content (AvgIpc) is 3.39. The van der Waals surface area contributed by atoms with Crippen LogP contribution in [0.15, 0.2) is 70.5 Å². The maximum atomic E-state index is 12.5. The summed E-state index contributed by atoms with van der Waals surface area (Å²) >= 11 is 7.25. The van der Waals surface area contributed by atoms with E-state index in [4.69, 9.17) is 20.8 Å². The predicted molar refractivity (Wildman–Crippen MR) is 111 cm³/mol. The number of hydrogen-bond donors (Lipinski definition) is 1. The zero-order chi connectivity index (χ0) is 19.5.